The lowest BCUT2D eigenvalue weighted by Crippen LogP contribution is -2.36. The Morgan fingerprint density at radius 3 is 2.45 bits per heavy atom. The Balaban J connectivity index is 2.19. The molecule has 0 fully saturated rings. The second-order valence-electron chi connectivity index (χ2n) is 4.10. The molecule has 0 saturated carbocycles. The molecule has 0 aliphatic heterocycles. The van der Waals surface area contributed by atoms with Gasteiger partial charge in [0.1, 0.15) is 5.75 Å². The van der Waals surface area contributed by atoms with E-state index in [4.69, 9.17) is 9.39 Å². The van der Waals surface area contributed by atoms with Gasteiger partial charge in [-0.1, -0.05) is 42.5 Å². The van der Waals surface area contributed by atoms with Crippen LogP contribution in [0.15, 0.2) is 54.6 Å². The van der Waals surface area contributed by atoms with E-state index in [9.17, 15) is 9.82 Å². The van der Waals surface area contributed by atoms with E-state index in [0.717, 1.165) is 0 Å². The number of hydrogen-bond acceptors (Lipinski definition) is 4. The van der Waals surface area contributed by atoms with Crippen molar-refractivity contribution >= 4 is 18.6 Å². The maximum Gasteiger partial charge on any atom is 0.560 e. The van der Waals surface area contributed by atoms with Gasteiger partial charge in [0.15, 0.2) is 0 Å². The molecule has 0 aliphatic rings. The fourth-order valence-corrected chi connectivity index (χ4v) is 1.75. The molecule has 102 valence electrons. The summed E-state index contributed by atoms with van der Waals surface area (Å²) in [5.74, 6) is -0.175. The normalized spacial score (nSPS) is 9.90. The molecule has 0 unspecified atom stereocenters. The van der Waals surface area contributed by atoms with Gasteiger partial charge in [0.05, 0.1) is 12.2 Å². The Morgan fingerprint density at radius 2 is 1.75 bits per heavy atom. The van der Waals surface area contributed by atoms with Crippen molar-refractivity contribution in [2.75, 3.05) is 6.61 Å². The first-order valence-corrected chi connectivity index (χ1v) is 6.38. The van der Waals surface area contributed by atoms with Crippen molar-refractivity contribution in [1.29, 1.82) is 0 Å². The minimum atomic E-state index is -1.13. The van der Waals surface area contributed by atoms with Crippen molar-refractivity contribution in [2.45, 2.75) is 6.92 Å². The van der Waals surface area contributed by atoms with Crippen molar-refractivity contribution in [2.24, 2.45) is 0 Å². The first kappa shape index (κ1) is 14.2. The van der Waals surface area contributed by atoms with Gasteiger partial charge < -0.3 is 14.4 Å². The summed E-state index contributed by atoms with van der Waals surface area (Å²) in [5, 5.41) is 10.0. The van der Waals surface area contributed by atoms with Crippen LogP contribution in [0, 0.1) is 0 Å². The van der Waals surface area contributed by atoms with Gasteiger partial charge in [-0.15, -0.1) is 0 Å². The maximum absolute atomic E-state index is 11.8. The molecule has 0 saturated heterocycles. The van der Waals surface area contributed by atoms with E-state index in [0.29, 0.717) is 16.8 Å². The molecule has 4 nitrogen and oxygen atoms in total. The minimum absolute atomic E-state index is 0.286. The first-order valence-electron chi connectivity index (χ1n) is 6.38. The molecule has 0 atom stereocenters. The predicted octanol–water partition coefficient (Wildman–Crippen LogP) is 1.63. The monoisotopic (exact) mass is 270 g/mol. The Morgan fingerprint density at radius 1 is 1.10 bits per heavy atom. The molecule has 0 aromatic heterocycles. The summed E-state index contributed by atoms with van der Waals surface area (Å²) in [4.78, 5) is 11.8. The number of ether oxygens (including phenoxy) is 1. The smallest absolute Gasteiger partial charge is 0.532 e. The summed E-state index contributed by atoms with van der Waals surface area (Å²) in [5.41, 5.74) is 0.912. The fraction of sp³-hybridized carbons (Fsp3) is 0.133. The topological polar surface area (TPSA) is 55.8 Å². The number of carbonyl (C=O) groups is 1. The highest BCUT2D eigenvalue weighted by atomic mass is 16.5. The van der Waals surface area contributed by atoms with Gasteiger partial charge in [-0.25, -0.2) is 4.79 Å². The van der Waals surface area contributed by atoms with Crippen LogP contribution in [-0.4, -0.2) is 24.7 Å². The molecule has 0 aliphatic carbocycles. The molecule has 0 heterocycles. The third kappa shape index (κ3) is 3.39. The highest BCUT2D eigenvalue weighted by Gasteiger charge is 2.21. The Labute approximate surface area is 118 Å². The summed E-state index contributed by atoms with van der Waals surface area (Å²) in [6.45, 7) is 2.02. The number of esters is 1. The largest absolute Gasteiger partial charge is 0.560 e. The maximum atomic E-state index is 11.8. The van der Waals surface area contributed by atoms with E-state index >= 15 is 0 Å². The molecule has 0 bridgehead atoms. The Kier molecular flexibility index (Phi) is 4.79. The summed E-state index contributed by atoms with van der Waals surface area (Å²) in [7, 11) is -1.13. The van der Waals surface area contributed by atoms with Gasteiger partial charge >= 0.3 is 13.1 Å². The number of rotatable bonds is 5. The van der Waals surface area contributed by atoms with E-state index in [2.05, 4.69) is 0 Å². The van der Waals surface area contributed by atoms with E-state index in [1.54, 1.807) is 55.5 Å². The molecular weight excluding hydrogens is 255 g/mol. The highest BCUT2D eigenvalue weighted by molar-refractivity contribution is 6.60. The van der Waals surface area contributed by atoms with Crippen LogP contribution < -0.4 is 10.1 Å². The fourth-order valence-electron chi connectivity index (χ4n) is 1.75. The molecule has 0 radical (unpaired) electrons. The molecule has 2 aromatic rings. The van der Waals surface area contributed by atoms with Gasteiger partial charge in [-0.2, -0.15) is 0 Å². The molecule has 0 amide bonds. The molecule has 20 heavy (non-hydrogen) atoms. The predicted molar refractivity (Wildman–Crippen MR) is 77.1 cm³/mol. The van der Waals surface area contributed by atoms with Crippen LogP contribution in [0.4, 0.5) is 0 Å². The van der Waals surface area contributed by atoms with Crippen molar-refractivity contribution in [3.05, 3.63) is 60.2 Å². The lowest BCUT2D eigenvalue weighted by atomic mass is 9.79. The van der Waals surface area contributed by atoms with Gasteiger partial charge in [0.25, 0.3) is 0 Å². The van der Waals surface area contributed by atoms with Gasteiger partial charge in [-0.05, 0) is 24.5 Å². The molecule has 1 N–H and O–H groups in total. The number of benzene rings is 2. The van der Waals surface area contributed by atoms with Crippen LogP contribution in [-0.2, 0) is 4.74 Å². The Hall–Kier alpha value is -2.27. The molecule has 2 rings (SSSR count). The zero-order chi connectivity index (χ0) is 14.4. The number of carbonyl (C=O) groups excluding carboxylic acids is 1. The van der Waals surface area contributed by atoms with Gasteiger partial charge in [-0.3, -0.25) is 0 Å². The van der Waals surface area contributed by atoms with Crippen molar-refractivity contribution in [3.8, 4) is 5.75 Å². The Bertz CT molecular complexity index is 571. The van der Waals surface area contributed by atoms with Gasteiger partial charge in [0.2, 0.25) is 0 Å². The number of para-hydroxylation sites is 1. The van der Waals surface area contributed by atoms with Crippen LogP contribution in [0.25, 0.3) is 0 Å². The molecule has 2 aromatic carbocycles. The third-order valence-electron chi connectivity index (χ3n) is 2.71. The van der Waals surface area contributed by atoms with Crippen LogP contribution in [0.1, 0.15) is 17.3 Å². The van der Waals surface area contributed by atoms with E-state index < -0.39 is 13.1 Å². The average molecular weight is 270 g/mol. The molecular formula is C15H15BO4. The van der Waals surface area contributed by atoms with Gasteiger partial charge in [0, 0.05) is 0 Å². The summed E-state index contributed by atoms with van der Waals surface area (Å²) in [6, 6.07) is 15.6. The summed E-state index contributed by atoms with van der Waals surface area (Å²) >= 11 is 0. The first-order chi connectivity index (χ1) is 9.72. The zero-order valence-electron chi connectivity index (χ0n) is 11.2. The van der Waals surface area contributed by atoms with E-state index in [1.165, 1.54) is 0 Å². The van der Waals surface area contributed by atoms with E-state index in [-0.39, 0.29) is 6.61 Å². The van der Waals surface area contributed by atoms with Crippen LogP contribution in [0.2, 0.25) is 0 Å². The third-order valence-corrected chi connectivity index (χ3v) is 2.71. The zero-order valence-corrected chi connectivity index (χ0v) is 11.2. The summed E-state index contributed by atoms with van der Waals surface area (Å²) < 4.78 is 10.4. The average Bonchev–Trinajstić information content (AvgIpc) is 2.49. The van der Waals surface area contributed by atoms with Crippen molar-refractivity contribution < 1.29 is 19.2 Å². The van der Waals surface area contributed by atoms with Crippen LogP contribution >= 0.6 is 0 Å². The SMILES string of the molecule is CCOC(=O)c1ccccc1OB(O)c1ccccc1. The quantitative estimate of drug-likeness (QED) is 0.662. The number of hydrogen-bond donors (Lipinski definition) is 1. The minimum Gasteiger partial charge on any atom is -0.532 e. The second kappa shape index (κ2) is 6.77. The standard InChI is InChI=1S/C15H15BO4/c1-2-19-15(17)13-10-6-7-11-14(13)20-16(18)12-8-4-3-5-9-12/h3-11,18H,2H2,1H3. The van der Waals surface area contributed by atoms with Crippen LogP contribution in [0.5, 0.6) is 5.75 Å². The molecule has 0 spiro atoms. The van der Waals surface area contributed by atoms with Crippen molar-refractivity contribution in [1.82, 2.24) is 0 Å². The second-order valence-corrected chi connectivity index (χ2v) is 4.10. The summed E-state index contributed by atoms with van der Waals surface area (Å²) in [6.07, 6.45) is 0. The molecule has 5 heteroatoms. The lowest BCUT2D eigenvalue weighted by molar-refractivity contribution is 0.0524. The van der Waals surface area contributed by atoms with E-state index in [1.807, 2.05) is 6.07 Å². The highest BCUT2D eigenvalue weighted by Crippen LogP contribution is 2.19. The van der Waals surface area contributed by atoms with Crippen molar-refractivity contribution in [3.63, 3.8) is 0 Å². The van der Waals surface area contributed by atoms with Crippen LogP contribution in [0.3, 0.4) is 0 Å². The lowest BCUT2D eigenvalue weighted by Gasteiger charge is -2.13.